The first-order chi connectivity index (χ1) is 8.38. The van der Waals surface area contributed by atoms with E-state index in [2.05, 4.69) is 26.3 Å². The van der Waals surface area contributed by atoms with Crippen molar-refractivity contribution in [2.45, 2.75) is 18.8 Å². The molecule has 0 bridgehead atoms. The molecule has 4 nitrogen and oxygen atoms in total. The lowest BCUT2D eigenvalue weighted by atomic mass is 10.0. The van der Waals surface area contributed by atoms with E-state index < -0.39 is 0 Å². The molecule has 1 aliphatic rings. The molecule has 1 aliphatic carbocycles. The van der Waals surface area contributed by atoms with Gasteiger partial charge >= 0.3 is 0 Å². The minimum atomic E-state index is 0.321. The van der Waals surface area contributed by atoms with Crippen molar-refractivity contribution < 1.29 is 0 Å². The third-order valence-electron chi connectivity index (χ3n) is 3.26. The molecule has 0 amide bonds. The summed E-state index contributed by atoms with van der Waals surface area (Å²) in [7, 11) is 1.87. The van der Waals surface area contributed by atoms with Crippen LogP contribution in [0.25, 0.3) is 0 Å². The van der Waals surface area contributed by atoms with Crippen LogP contribution in [-0.2, 0) is 6.42 Å². The molecule has 0 saturated carbocycles. The molecule has 2 aromatic heterocycles. The number of anilines is 1. The van der Waals surface area contributed by atoms with Crippen molar-refractivity contribution in [2.24, 2.45) is 0 Å². The van der Waals surface area contributed by atoms with Gasteiger partial charge in [-0.25, -0.2) is 9.97 Å². The second-order valence-electron chi connectivity index (χ2n) is 4.22. The van der Waals surface area contributed by atoms with Crippen LogP contribution in [0.3, 0.4) is 0 Å². The van der Waals surface area contributed by atoms with Crippen molar-refractivity contribution in [1.29, 1.82) is 0 Å². The fourth-order valence-corrected chi connectivity index (χ4v) is 2.40. The van der Waals surface area contributed by atoms with Gasteiger partial charge in [-0.2, -0.15) is 0 Å². The molecule has 86 valence electrons. The summed E-state index contributed by atoms with van der Waals surface area (Å²) in [5.74, 6) is 1.18. The van der Waals surface area contributed by atoms with Crippen LogP contribution in [0, 0.1) is 0 Å². The van der Waals surface area contributed by atoms with Gasteiger partial charge < -0.3 is 5.32 Å². The van der Waals surface area contributed by atoms with E-state index in [1.54, 1.807) is 6.33 Å². The van der Waals surface area contributed by atoms with E-state index in [9.17, 15) is 0 Å². The minimum Gasteiger partial charge on any atom is -0.373 e. The van der Waals surface area contributed by atoms with Crippen LogP contribution in [0.2, 0.25) is 0 Å². The predicted molar refractivity (Wildman–Crippen MR) is 66.0 cm³/mol. The van der Waals surface area contributed by atoms with E-state index in [0.717, 1.165) is 24.4 Å². The number of rotatable bonds is 2. The van der Waals surface area contributed by atoms with E-state index in [0.29, 0.717) is 5.92 Å². The Morgan fingerprint density at radius 1 is 1.29 bits per heavy atom. The van der Waals surface area contributed by atoms with Crippen molar-refractivity contribution in [1.82, 2.24) is 15.0 Å². The summed E-state index contributed by atoms with van der Waals surface area (Å²) < 4.78 is 0. The van der Waals surface area contributed by atoms with Crippen LogP contribution in [0.4, 0.5) is 5.82 Å². The Hall–Kier alpha value is -1.97. The maximum Gasteiger partial charge on any atom is 0.129 e. The summed E-state index contributed by atoms with van der Waals surface area (Å²) in [5, 5.41) is 3.04. The zero-order valence-corrected chi connectivity index (χ0v) is 9.72. The van der Waals surface area contributed by atoms with Gasteiger partial charge in [-0.1, -0.05) is 6.07 Å². The van der Waals surface area contributed by atoms with Gasteiger partial charge in [-0.3, -0.25) is 4.98 Å². The van der Waals surface area contributed by atoms with Gasteiger partial charge in [0.05, 0.1) is 11.4 Å². The topological polar surface area (TPSA) is 50.7 Å². The Morgan fingerprint density at radius 2 is 2.24 bits per heavy atom. The fraction of sp³-hybridized carbons (Fsp3) is 0.308. The number of hydrogen-bond acceptors (Lipinski definition) is 4. The zero-order valence-electron chi connectivity index (χ0n) is 9.72. The molecule has 17 heavy (non-hydrogen) atoms. The highest BCUT2D eigenvalue weighted by molar-refractivity contribution is 5.40. The van der Waals surface area contributed by atoms with E-state index in [-0.39, 0.29) is 0 Å². The highest BCUT2D eigenvalue weighted by Crippen LogP contribution is 2.35. The highest BCUT2D eigenvalue weighted by atomic mass is 15.0. The van der Waals surface area contributed by atoms with Gasteiger partial charge in [-0.15, -0.1) is 0 Å². The van der Waals surface area contributed by atoms with Crippen molar-refractivity contribution in [3.8, 4) is 0 Å². The Morgan fingerprint density at radius 3 is 3.12 bits per heavy atom. The first-order valence-corrected chi connectivity index (χ1v) is 5.82. The second kappa shape index (κ2) is 4.13. The third-order valence-corrected chi connectivity index (χ3v) is 3.26. The number of hydrogen-bond donors (Lipinski definition) is 1. The molecular weight excluding hydrogens is 212 g/mol. The van der Waals surface area contributed by atoms with Gasteiger partial charge in [0.15, 0.2) is 0 Å². The molecule has 0 aliphatic heterocycles. The smallest absolute Gasteiger partial charge is 0.129 e. The molecule has 0 saturated heterocycles. The van der Waals surface area contributed by atoms with Crippen LogP contribution in [0.5, 0.6) is 0 Å². The van der Waals surface area contributed by atoms with Gasteiger partial charge in [0, 0.05) is 25.2 Å². The molecule has 0 spiro atoms. The first kappa shape index (κ1) is 10.2. The van der Waals surface area contributed by atoms with Crippen LogP contribution in [0.1, 0.15) is 29.3 Å². The quantitative estimate of drug-likeness (QED) is 0.850. The molecule has 0 fully saturated rings. The molecule has 3 rings (SSSR count). The minimum absolute atomic E-state index is 0.321. The Kier molecular flexibility index (Phi) is 2.48. The number of nitrogens with zero attached hydrogens (tertiary/aromatic N) is 3. The van der Waals surface area contributed by atoms with Crippen molar-refractivity contribution >= 4 is 5.82 Å². The number of aromatic nitrogens is 3. The standard InChI is InChI=1S/C13H14N4/c1-14-12-7-11(16-8-17-12)10-5-4-9-3-2-6-15-13(9)10/h2-3,6-8,10H,4-5H2,1H3,(H,14,16,17). The first-order valence-electron chi connectivity index (χ1n) is 5.82. The fourth-order valence-electron chi connectivity index (χ4n) is 2.40. The maximum atomic E-state index is 4.49. The Balaban J connectivity index is 2.01. The monoisotopic (exact) mass is 226 g/mol. The van der Waals surface area contributed by atoms with E-state index in [1.165, 1.54) is 11.3 Å². The largest absolute Gasteiger partial charge is 0.373 e. The summed E-state index contributed by atoms with van der Waals surface area (Å²) in [4.78, 5) is 13.0. The van der Waals surface area contributed by atoms with Gasteiger partial charge in [0.1, 0.15) is 12.1 Å². The lowest BCUT2D eigenvalue weighted by molar-refractivity contribution is 0.742. The summed E-state index contributed by atoms with van der Waals surface area (Å²) in [6.45, 7) is 0. The van der Waals surface area contributed by atoms with Crippen LogP contribution >= 0.6 is 0 Å². The van der Waals surface area contributed by atoms with Crippen molar-refractivity contribution in [3.63, 3.8) is 0 Å². The average Bonchev–Trinajstić information content (AvgIpc) is 2.82. The van der Waals surface area contributed by atoms with E-state index in [1.807, 2.05) is 25.4 Å². The zero-order chi connectivity index (χ0) is 11.7. The predicted octanol–water partition coefficient (Wildman–Crippen LogP) is 1.99. The van der Waals surface area contributed by atoms with Crippen LogP contribution < -0.4 is 5.32 Å². The number of pyridine rings is 1. The molecular formula is C13H14N4. The highest BCUT2D eigenvalue weighted by Gasteiger charge is 2.26. The molecule has 0 aromatic carbocycles. The molecule has 1 unspecified atom stereocenters. The summed E-state index contributed by atoms with van der Waals surface area (Å²) >= 11 is 0. The lowest BCUT2D eigenvalue weighted by Crippen LogP contribution is -2.03. The second-order valence-corrected chi connectivity index (χ2v) is 4.22. The molecule has 1 N–H and O–H groups in total. The van der Waals surface area contributed by atoms with Gasteiger partial charge in [-0.05, 0) is 24.5 Å². The number of fused-ring (bicyclic) bond motifs is 1. The Labute approximate surface area is 100 Å². The summed E-state index contributed by atoms with van der Waals surface area (Å²) in [6.07, 6.45) is 5.65. The van der Waals surface area contributed by atoms with Crippen molar-refractivity contribution in [2.75, 3.05) is 12.4 Å². The molecule has 2 heterocycles. The molecule has 4 heteroatoms. The summed E-state index contributed by atoms with van der Waals surface area (Å²) in [6, 6.07) is 6.16. The van der Waals surface area contributed by atoms with Crippen LogP contribution in [-0.4, -0.2) is 22.0 Å². The third kappa shape index (κ3) is 1.75. The van der Waals surface area contributed by atoms with Crippen LogP contribution in [0.15, 0.2) is 30.7 Å². The van der Waals surface area contributed by atoms with Crippen molar-refractivity contribution in [3.05, 3.63) is 47.7 Å². The SMILES string of the molecule is CNc1cc(C2CCc3cccnc32)ncn1. The number of aryl methyl sites for hydroxylation is 1. The maximum absolute atomic E-state index is 4.49. The average molecular weight is 226 g/mol. The molecule has 1 atom stereocenters. The summed E-state index contributed by atoms with van der Waals surface area (Å²) in [5.41, 5.74) is 3.58. The lowest BCUT2D eigenvalue weighted by Gasteiger charge is -2.10. The molecule has 0 radical (unpaired) electrons. The van der Waals surface area contributed by atoms with E-state index >= 15 is 0 Å². The Bertz CT molecular complexity index is 538. The molecule has 2 aromatic rings. The number of nitrogens with one attached hydrogen (secondary N) is 1. The normalized spacial score (nSPS) is 17.8. The van der Waals surface area contributed by atoms with Gasteiger partial charge in [0.2, 0.25) is 0 Å². The van der Waals surface area contributed by atoms with Gasteiger partial charge in [0.25, 0.3) is 0 Å². The van der Waals surface area contributed by atoms with E-state index in [4.69, 9.17) is 0 Å².